The normalized spacial score (nSPS) is 21.9. The molecule has 1 heterocycles. The van der Waals surface area contributed by atoms with E-state index in [9.17, 15) is 14.7 Å². The van der Waals surface area contributed by atoms with Crippen LogP contribution in [0.15, 0.2) is 63.4 Å². The molecule has 0 bridgehead atoms. The van der Waals surface area contributed by atoms with E-state index in [2.05, 4.69) is 21.2 Å². The molecule has 2 aliphatic carbocycles. The molecule has 0 amide bonds. The third-order valence-corrected chi connectivity index (χ3v) is 8.76. The fraction of sp³-hybridized carbons (Fsp3) is 0.419. The Balaban J connectivity index is 1.58. The van der Waals surface area contributed by atoms with E-state index >= 15 is 0 Å². The smallest absolute Gasteiger partial charge is 0.337 e. The quantitative estimate of drug-likeness (QED) is 0.329. The third-order valence-electron chi connectivity index (χ3n) is 7.90. The van der Waals surface area contributed by atoms with Gasteiger partial charge in [-0.25, -0.2) is 4.79 Å². The van der Waals surface area contributed by atoms with Crippen molar-refractivity contribution in [3.8, 4) is 11.5 Å². The Morgan fingerprint density at radius 2 is 1.82 bits per heavy atom. The lowest BCUT2D eigenvalue weighted by molar-refractivity contribution is -0.146. The number of carbonyl (C=O) groups is 2. The van der Waals surface area contributed by atoms with Gasteiger partial charge in [0.25, 0.3) is 0 Å². The minimum atomic E-state index is -0.646. The number of dihydropyridines is 1. The maximum Gasteiger partial charge on any atom is 0.337 e. The number of ether oxygens (including phenoxy) is 2. The molecule has 2 N–H and O–H groups in total. The Kier molecular flexibility index (Phi) is 8.38. The Labute approximate surface area is 242 Å². The minimum absolute atomic E-state index is 0.00394. The molecule has 0 spiro atoms. The summed E-state index contributed by atoms with van der Waals surface area (Å²) in [6.45, 7) is 4.06. The van der Waals surface area contributed by atoms with Gasteiger partial charge in [0.2, 0.25) is 0 Å². The molecular formula is C31H33BrClNO5. The zero-order valence-electron chi connectivity index (χ0n) is 22.2. The van der Waals surface area contributed by atoms with E-state index in [4.69, 9.17) is 21.1 Å². The first-order valence-corrected chi connectivity index (χ1v) is 14.8. The SMILES string of the molecule is CCOc1cc([C@H]2C(C(=O)OC3CCCCC3)=C(C)NC3=C2C(=O)C[C@H](c2ccc(Cl)cc2)C3)cc(Br)c1O. The van der Waals surface area contributed by atoms with Crippen molar-refractivity contribution in [3.63, 3.8) is 0 Å². The summed E-state index contributed by atoms with van der Waals surface area (Å²) in [6.07, 6.45) is 5.76. The van der Waals surface area contributed by atoms with Crippen LogP contribution in [-0.2, 0) is 14.3 Å². The van der Waals surface area contributed by atoms with Gasteiger partial charge in [-0.3, -0.25) is 4.79 Å². The Morgan fingerprint density at radius 3 is 2.51 bits per heavy atom. The maximum absolute atomic E-state index is 13.9. The van der Waals surface area contributed by atoms with Crippen molar-refractivity contribution < 1.29 is 24.2 Å². The van der Waals surface area contributed by atoms with Crippen LogP contribution in [0.3, 0.4) is 0 Å². The van der Waals surface area contributed by atoms with Crippen molar-refractivity contribution in [1.82, 2.24) is 5.32 Å². The number of esters is 1. The van der Waals surface area contributed by atoms with Crippen LogP contribution in [0, 0.1) is 0 Å². The van der Waals surface area contributed by atoms with Gasteiger partial charge in [-0.05, 0) is 103 Å². The lowest BCUT2D eigenvalue weighted by atomic mass is 9.71. The molecule has 2 atom stereocenters. The number of hydrogen-bond acceptors (Lipinski definition) is 6. The van der Waals surface area contributed by atoms with E-state index in [1.165, 1.54) is 0 Å². The third kappa shape index (κ3) is 5.75. The van der Waals surface area contributed by atoms with Crippen LogP contribution < -0.4 is 10.1 Å². The molecule has 0 saturated heterocycles. The molecule has 6 nitrogen and oxygen atoms in total. The summed E-state index contributed by atoms with van der Waals surface area (Å²) in [5, 5.41) is 14.6. The number of carbonyl (C=O) groups excluding carboxylic acids is 2. The second kappa shape index (κ2) is 11.8. The van der Waals surface area contributed by atoms with E-state index in [1.54, 1.807) is 12.1 Å². The largest absolute Gasteiger partial charge is 0.503 e. The lowest BCUT2D eigenvalue weighted by Crippen LogP contribution is -2.37. The molecule has 2 aromatic carbocycles. The van der Waals surface area contributed by atoms with Crippen LogP contribution in [0.4, 0.5) is 0 Å². The molecule has 0 aromatic heterocycles. The zero-order valence-corrected chi connectivity index (χ0v) is 24.5. The Morgan fingerprint density at radius 1 is 1.10 bits per heavy atom. The predicted molar refractivity (Wildman–Crippen MR) is 154 cm³/mol. The highest BCUT2D eigenvalue weighted by molar-refractivity contribution is 9.10. The summed E-state index contributed by atoms with van der Waals surface area (Å²) in [4.78, 5) is 27.7. The number of nitrogens with one attached hydrogen (secondary N) is 1. The molecule has 39 heavy (non-hydrogen) atoms. The van der Waals surface area contributed by atoms with E-state index in [1.807, 2.05) is 38.1 Å². The van der Waals surface area contributed by atoms with E-state index in [-0.39, 0.29) is 23.6 Å². The first-order valence-electron chi connectivity index (χ1n) is 13.6. The highest BCUT2D eigenvalue weighted by Gasteiger charge is 2.42. The van der Waals surface area contributed by atoms with Gasteiger partial charge in [0.05, 0.1) is 16.7 Å². The highest BCUT2D eigenvalue weighted by Crippen LogP contribution is 2.48. The standard InChI is InChI=1S/C31H33BrClNO5/c1-3-38-26-16-20(13-23(32)30(26)36)28-27(31(37)39-22-7-5-4-6-8-22)17(2)34-24-14-19(15-25(35)29(24)28)18-9-11-21(33)12-10-18/h9-13,16,19,22,28,34,36H,3-8,14-15H2,1-2H3/t19-,28+/m1/s1. The van der Waals surface area contributed by atoms with Crippen molar-refractivity contribution >= 4 is 39.3 Å². The molecular weight excluding hydrogens is 582 g/mol. The number of Topliss-reactive ketones (excluding diaryl/α,β-unsaturated/α-hetero) is 1. The van der Waals surface area contributed by atoms with Gasteiger partial charge in [-0.15, -0.1) is 0 Å². The number of phenols is 1. The number of allylic oxidation sites excluding steroid dienone is 3. The van der Waals surface area contributed by atoms with E-state index < -0.39 is 11.9 Å². The first kappa shape index (κ1) is 27.8. The molecule has 1 aliphatic heterocycles. The van der Waals surface area contributed by atoms with Crippen molar-refractivity contribution in [2.24, 2.45) is 0 Å². The number of ketones is 1. The van der Waals surface area contributed by atoms with Gasteiger partial charge >= 0.3 is 5.97 Å². The lowest BCUT2D eigenvalue weighted by Gasteiger charge is -2.37. The van der Waals surface area contributed by atoms with Crippen LogP contribution in [0.25, 0.3) is 0 Å². The number of phenolic OH excluding ortho intramolecular Hbond substituents is 1. The van der Waals surface area contributed by atoms with Crippen molar-refractivity contribution in [2.45, 2.75) is 76.7 Å². The minimum Gasteiger partial charge on any atom is -0.503 e. The topological polar surface area (TPSA) is 84.9 Å². The van der Waals surface area contributed by atoms with Crippen molar-refractivity contribution in [2.75, 3.05) is 6.61 Å². The molecule has 1 fully saturated rings. The Hall–Kier alpha value is -2.77. The fourth-order valence-corrected chi connectivity index (χ4v) is 6.62. The molecule has 5 rings (SSSR count). The van der Waals surface area contributed by atoms with Gasteiger partial charge in [0.15, 0.2) is 17.3 Å². The second-order valence-corrected chi connectivity index (χ2v) is 11.8. The average Bonchev–Trinajstić information content (AvgIpc) is 2.91. The van der Waals surface area contributed by atoms with Gasteiger partial charge in [0.1, 0.15) is 6.10 Å². The highest BCUT2D eigenvalue weighted by atomic mass is 79.9. The molecule has 8 heteroatoms. The van der Waals surface area contributed by atoms with Crippen LogP contribution in [0.1, 0.15) is 81.8 Å². The number of halogens is 2. The summed E-state index contributed by atoms with van der Waals surface area (Å²) in [5.41, 5.74) is 4.22. The molecule has 3 aliphatic rings. The van der Waals surface area contributed by atoms with Crippen molar-refractivity contribution in [1.29, 1.82) is 0 Å². The zero-order chi connectivity index (χ0) is 27.7. The summed E-state index contributed by atoms with van der Waals surface area (Å²) in [7, 11) is 0. The molecule has 1 saturated carbocycles. The second-order valence-electron chi connectivity index (χ2n) is 10.5. The van der Waals surface area contributed by atoms with Crippen molar-refractivity contribution in [3.05, 3.63) is 79.6 Å². The molecule has 206 valence electrons. The number of benzene rings is 2. The van der Waals surface area contributed by atoms with Crippen LogP contribution >= 0.6 is 27.5 Å². The summed E-state index contributed by atoms with van der Waals surface area (Å²) in [6, 6.07) is 11.1. The monoisotopic (exact) mass is 613 g/mol. The maximum atomic E-state index is 13.9. The average molecular weight is 615 g/mol. The number of hydrogen-bond donors (Lipinski definition) is 2. The molecule has 0 unspecified atom stereocenters. The molecule has 0 radical (unpaired) electrons. The van der Waals surface area contributed by atoms with Crippen LogP contribution in [0.5, 0.6) is 11.5 Å². The predicted octanol–water partition coefficient (Wildman–Crippen LogP) is 7.44. The fourth-order valence-electron chi connectivity index (χ4n) is 6.04. The van der Waals surface area contributed by atoms with Crippen LogP contribution in [0.2, 0.25) is 5.02 Å². The molecule has 2 aromatic rings. The van der Waals surface area contributed by atoms with Gasteiger partial charge in [-0.1, -0.05) is 30.2 Å². The first-order chi connectivity index (χ1) is 18.8. The number of aromatic hydroxyl groups is 1. The van der Waals surface area contributed by atoms with E-state index in [0.717, 1.165) is 43.4 Å². The summed E-state index contributed by atoms with van der Waals surface area (Å²) < 4.78 is 12.2. The van der Waals surface area contributed by atoms with Crippen LogP contribution in [-0.4, -0.2) is 29.6 Å². The van der Waals surface area contributed by atoms with Gasteiger partial charge in [-0.2, -0.15) is 0 Å². The van der Waals surface area contributed by atoms with E-state index in [0.29, 0.717) is 57.1 Å². The summed E-state index contributed by atoms with van der Waals surface area (Å²) in [5.74, 6) is -0.802. The number of rotatable bonds is 6. The van der Waals surface area contributed by atoms with Gasteiger partial charge < -0.3 is 19.9 Å². The van der Waals surface area contributed by atoms with Gasteiger partial charge in [0, 0.05) is 34.3 Å². The Bertz CT molecular complexity index is 1340. The summed E-state index contributed by atoms with van der Waals surface area (Å²) >= 11 is 9.54.